The topological polar surface area (TPSA) is 68.3 Å². The molecule has 0 spiro atoms. The Morgan fingerprint density at radius 3 is 2.74 bits per heavy atom. The van der Waals surface area contributed by atoms with Crippen LogP contribution in [0.25, 0.3) is 0 Å². The molecule has 0 radical (unpaired) electrons. The molecule has 0 aliphatic heterocycles. The number of halogens is 1. The molecule has 0 bridgehead atoms. The van der Waals surface area contributed by atoms with Crippen LogP contribution < -0.4 is 20.1 Å². The van der Waals surface area contributed by atoms with Crippen LogP contribution in [0.4, 0.5) is 17.5 Å². The minimum absolute atomic E-state index is 0.460. The second-order valence-corrected chi connectivity index (χ2v) is 6.20. The summed E-state index contributed by atoms with van der Waals surface area (Å²) in [6.45, 7) is 0.740. The van der Waals surface area contributed by atoms with Gasteiger partial charge in [0, 0.05) is 17.8 Å². The predicted molar refractivity (Wildman–Crippen MR) is 109 cm³/mol. The van der Waals surface area contributed by atoms with E-state index in [4.69, 9.17) is 21.1 Å². The zero-order valence-electron chi connectivity index (χ0n) is 15.2. The number of hydrogen-bond donors (Lipinski definition) is 2. The maximum Gasteiger partial charge on any atom is 0.229 e. The molecule has 3 aromatic rings. The first-order chi connectivity index (χ1) is 13.2. The smallest absolute Gasteiger partial charge is 0.229 e. The van der Waals surface area contributed by atoms with Crippen LogP contribution >= 0.6 is 11.6 Å². The van der Waals surface area contributed by atoms with Crippen LogP contribution in [0.1, 0.15) is 5.56 Å². The highest BCUT2D eigenvalue weighted by atomic mass is 35.5. The molecule has 1 aromatic heterocycles. The number of rotatable bonds is 8. The fourth-order valence-corrected chi connectivity index (χ4v) is 2.75. The highest BCUT2D eigenvalue weighted by Gasteiger charge is 2.07. The van der Waals surface area contributed by atoms with Gasteiger partial charge in [-0.1, -0.05) is 23.7 Å². The van der Waals surface area contributed by atoms with Crippen molar-refractivity contribution in [3.05, 3.63) is 65.3 Å². The van der Waals surface area contributed by atoms with Crippen LogP contribution in [0.5, 0.6) is 11.5 Å². The van der Waals surface area contributed by atoms with E-state index in [2.05, 4.69) is 26.7 Å². The predicted octanol–water partition coefficient (Wildman–Crippen LogP) is 4.55. The molecule has 2 N–H and O–H groups in total. The van der Waals surface area contributed by atoms with Crippen molar-refractivity contribution in [1.29, 1.82) is 0 Å². The summed E-state index contributed by atoms with van der Waals surface area (Å²) in [5.41, 5.74) is 1.90. The third-order valence-corrected chi connectivity index (χ3v) is 4.15. The van der Waals surface area contributed by atoms with Crippen LogP contribution in [0.2, 0.25) is 5.02 Å². The first kappa shape index (κ1) is 18.8. The second-order valence-electron chi connectivity index (χ2n) is 5.76. The molecule has 0 fully saturated rings. The van der Waals surface area contributed by atoms with E-state index in [1.165, 1.54) is 5.56 Å². The number of ether oxygens (including phenoxy) is 2. The Morgan fingerprint density at radius 1 is 1.04 bits per heavy atom. The Morgan fingerprint density at radius 2 is 1.93 bits per heavy atom. The number of nitrogens with one attached hydrogen (secondary N) is 2. The Bertz CT molecular complexity index is 905. The first-order valence-corrected chi connectivity index (χ1v) is 8.86. The summed E-state index contributed by atoms with van der Waals surface area (Å²) in [5, 5.41) is 7.05. The van der Waals surface area contributed by atoms with Crippen molar-refractivity contribution in [3.8, 4) is 11.5 Å². The van der Waals surface area contributed by atoms with Crippen molar-refractivity contribution in [3.63, 3.8) is 0 Å². The molecule has 0 saturated heterocycles. The van der Waals surface area contributed by atoms with E-state index in [9.17, 15) is 0 Å². The van der Waals surface area contributed by atoms with E-state index in [0.717, 1.165) is 24.5 Å². The summed E-state index contributed by atoms with van der Waals surface area (Å²) in [5.74, 6) is 2.72. The average molecular weight is 385 g/mol. The maximum atomic E-state index is 6.06. The Balaban J connectivity index is 1.63. The minimum Gasteiger partial charge on any atom is -0.497 e. The summed E-state index contributed by atoms with van der Waals surface area (Å²) >= 11 is 6.06. The lowest BCUT2D eigenvalue weighted by atomic mass is 10.1. The largest absolute Gasteiger partial charge is 0.497 e. The van der Waals surface area contributed by atoms with Crippen LogP contribution in [0.15, 0.2) is 54.7 Å². The number of aromatic nitrogens is 2. The van der Waals surface area contributed by atoms with E-state index in [0.29, 0.717) is 22.4 Å². The Hall–Kier alpha value is -2.99. The summed E-state index contributed by atoms with van der Waals surface area (Å²) in [6.07, 6.45) is 2.55. The number of hydrogen-bond acceptors (Lipinski definition) is 6. The first-order valence-electron chi connectivity index (χ1n) is 8.48. The van der Waals surface area contributed by atoms with Gasteiger partial charge in [0.25, 0.3) is 0 Å². The normalized spacial score (nSPS) is 10.3. The van der Waals surface area contributed by atoms with Gasteiger partial charge in [-0.3, -0.25) is 0 Å². The van der Waals surface area contributed by atoms with Gasteiger partial charge in [0.15, 0.2) is 0 Å². The summed E-state index contributed by atoms with van der Waals surface area (Å²) in [6, 6.07) is 15.2. The lowest BCUT2D eigenvalue weighted by Crippen LogP contribution is -2.08. The van der Waals surface area contributed by atoms with Gasteiger partial charge in [-0.15, -0.1) is 0 Å². The monoisotopic (exact) mass is 384 g/mol. The molecule has 140 valence electrons. The van der Waals surface area contributed by atoms with Gasteiger partial charge in [0.1, 0.15) is 17.3 Å². The van der Waals surface area contributed by atoms with E-state index < -0.39 is 0 Å². The number of methoxy groups -OCH3 is 2. The molecule has 0 aliphatic carbocycles. The second kappa shape index (κ2) is 9.09. The van der Waals surface area contributed by atoms with Crippen molar-refractivity contribution in [1.82, 2.24) is 9.97 Å². The lowest BCUT2D eigenvalue weighted by Gasteiger charge is -2.11. The van der Waals surface area contributed by atoms with E-state index >= 15 is 0 Å². The molecule has 2 aromatic carbocycles. The zero-order chi connectivity index (χ0) is 19.1. The van der Waals surface area contributed by atoms with Gasteiger partial charge in [0.2, 0.25) is 5.95 Å². The van der Waals surface area contributed by atoms with Gasteiger partial charge < -0.3 is 20.1 Å². The standard InChI is InChI=1S/C20H21ClN4O2/c1-26-16-5-3-4-14(12-16)8-10-22-19-9-11-23-20(25-19)24-17-13-15(21)6-7-18(17)27-2/h3-7,9,11-13H,8,10H2,1-2H3,(H2,22,23,24,25). The van der Waals surface area contributed by atoms with Crippen LogP contribution in [-0.2, 0) is 6.42 Å². The zero-order valence-corrected chi connectivity index (χ0v) is 16.0. The highest BCUT2D eigenvalue weighted by Crippen LogP contribution is 2.29. The van der Waals surface area contributed by atoms with Crippen molar-refractivity contribution >= 4 is 29.1 Å². The van der Waals surface area contributed by atoms with Crippen molar-refractivity contribution in [2.75, 3.05) is 31.4 Å². The van der Waals surface area contributed by atoms with E-state index in [-0.39, 0.29) is 0 Å². The van der Waals surface area contributed by atoms with E-state index in [1.807, 2.05) is 24.3 Å². The molecule has 0 unspecified atom stereocenters. The minimum atomic E-state index is 0.460. The SMILES string of the molecule is COc1cccc(CCNc2ccnc(Nc3cc(Cl)ccc3OC)n2)c1. The maximum absolute atomic E-state index is 6.06. The van der Waals surface area contributed by atoms with Crippen LogP contribution in [0, 0.1) is 0 Å². The van der Waals surface area contributed by atoms with Crippen LogP contribution in [0.3, 0.4) is 0 Å². The fraction of sp³-hybridized carbons (Fsp3) is 0.200. The quantitative estimate of drug-likeness (QED) is 0.594. The summed E-state index contributed by atoms with van der Waals surface area (Å²) in [4.78, 5) is 8.73. The Labute approximate surface area is 163 Å². The fourth-order valence-electron chi connectivity index (χ4n) is 2.58. The molecular weight excluding hydrogens is 364 g/mol. The molecule has 6 nitrogen and oxygen atoms in total. The molecular formula is C20H21ClN4O2. The van der Waals surface area contributed by atoms with Crippen LogP contribution in [-0.4, -0.2) is 30.7 Å². The number of benzene rings is 2. The summed E-state index contributed by atoms with van der Waals surface area (Å²) < 4.78 is 10.6. The molecule has 7 heteroatoms. The van der Waals surface area contributed by atoms with Gasteiger partial charge in [-0.2, -0.15) is 4.98 Å². The summed E-state index contributed by atoms with van der Waals surface area (Å²) in [7, 11) is 3.27. The average Bonchev–Trinajstić information content (AvgIpc) is 2.69. The highest BCUT2D eigenvalue weighted by molar-refractivity contribution is 6.31. The lowest BCUT2D eigenvalue weighted by molar-refractivity contribution is 0.414. The van der Waals surface area contributed by atoms with E-state index in [1.54, 1.807) is 38.6 Å². The molecule has 1 heterocycles. The number of nitrogens with zero attached hydrogens (tertiary/aromatic N) is 2. The molecule has 0 atom stereocenters. The third kappa shape index (κ3) is 5.24. The van der Waals surface area contributed by atoms with Gasteiger partial charge in [-0.05, 0) is 48.4 Å². The van der Waals surface area contributed by atoms with Crippen molar-refractivity contribution < 1.29 is 9.47 Å². The van der Waals surface area contributed by atoms with Gasteiger partial charge in [-0.25, -0.2) is 4.98 Å². The molecule has 3 rings (SSSR count). The Kier molecular flexibility index (Phi) is 6.33. The van der Waals surface area contributed by atoms with Gasteiger partial charge >= 0.3 is 0 Å². The molecule has 0 saturated carbocycles. The van der Waals surface area contributed by atoms with Crippen molar-refractivity contribution in [2.45, 2.75) is 6.42 Å². The molecule has 27 heavy (non-hydrogen) atoms. The third-order valence-electron chi connectivity index (χ3n) is 3.92. The molecule has 0 amide bonds. The van der Waals surface area contributed by atoms with Gasteiger partial charge in [0.05, 0.1) is 19.9 Å². The number of anilines is 3. The molecule has 0 aliphatic rings. The van der Waals surface area contributed by atoms with Crippen molar-refractivity contribution in [2.24, 2.45) is 0 Å².